The minimum absolute atomic E-state index is 0.456. The molecule has 0 fully saturated rings. The fourth-order valence-corrected chi connectivity index (χ4v) is 3.59. The molecule has 0 aliphatic heterocycles. The van der Waals surface area contributed by atoms with E-state index in [0.29, 0.717) is 21.5 Å². The van der Waals surface area contributed by atoms with Crippen LogP contribution < -0.4 is 14.8 Å². The first-order valence-electron chi connectivity index (χ1n) is 9.42. The number of halogens is 2. The molecule has 0 aliphatic carbocycles. The van der Waals surface area contributed by atoms with Gasteiger partial charge < -0.3 is 14.8 Å². The van der Waals surface area contributed by atoms with Gasteiger partial charge in [0.15, 0.2) is 0 Å². The second kappa shape index (κ2) is 9.18. The number of benzene rings is 3. The Kier molecular flexibility index (Phi) is 6.18. The molecular weight excluding hydrogens is 431 g/mol. The summed E-state index contributed by atoms with van der Waals surface area (Å²) in [7, 11) is 3.21. The zero-order chi connectivity index (χ0) is 21.8. The second-order valence-electron chi connectivity index (χ2n) is 6.66. The van der Waals surface area contributed by atoms with Crippen molar-refractivity contribution in [3.8, 4) is 23.3 Å². The number of nitrogens with one attached hydrogen (secondary N) is 1. The van der Waals surface area contributed by atoms with Crippen LogP contribution in [0.15, 0.2) is 66.9 Å². The Morgan fingerprint density at radius 2 is 1.52 bits per heavy atom. The van der Waals surface area contributed by atoms with Crippen molar-refractivity contribution in [1.29, 1.82) is 0 Å². The van der Waals surface area contributed by atoms with Gasteiger partial charge in [0.1, 0.15) is 11.5 Å². The van der Waals surface area contributed by atoms with Gasteiger partial charge in [0.25, 0.3) is 0 Å². The van der Waals surface area contributed by atoms with E-state index in [9.17, 15) is 0 Å². The fraction of sp³-hybridized carbons (Fsp3) is 0.0800. The van der Waals surface area contributed by atoms with Gasteiger partial charge in [0, 0.05) is 34.5 Å². The number of methoxy groups -OCH3 is 2. The molecule has 0 atom stereocenters. The molecule has 31 heavy (non-hydrogen) atoms. The van der Waals surface area contributed by atoms with Gasteiger partial charge in [0.05, 0.1) is 35.5 Å². The molecule has 0 unspecified atom stereocenters. The van der Waals surface area contributed by atoms with Gasteiger partial charge in [-0.3, -0.25) is 4.98 Å². The largest absolute Gasteiger partial charge is 0.497 e. The monoisotopic (exact) mass is 448 g/mol. The maximum atomic E-state index is 6.36. The van der Waals surface area contributed by atoms with Crippen molar-refractivity contribution in [2.45, 2.75) is 0 Å². The van der Waals surface area contributed by atoms with Crippen molar-refractivity contribution in [3.63, 3.8) is 0 Å². The van der Waals surface area contributed by atoms with Gasteiger partial charge in [-0.2, -0.15) is 0 Å². The number of nitrogens with zero attached hydrogens (tertiary/aromatic N) is 1. The Hall–Kier alpha value is -3.39. The van der Waals surface area contributed by atoms with Crippen LogP contribution in [0.4, 0.5) is 11.4 Å². The highest BCUT2D eigenvalue weighted by atomic mass is 35.5. The molecule has 1 N–H and O–H groups in total. The lowest BCUT2D eigenvalue weighted by Gasteiger charge is -2.13. The fourth-order valence-electron chi connectivity index (χ4n) is 3.08. The zero-order valence-corrected chi connectivity index (χ0v) is 18.4. The molecular formula is C25H18Cl2N2O2. The summed E-state index contributed by atoms with van der Waals surface area (Å²) in [4.78, 5) is 4.49. The van der Waals surface area contributed by atoms with E-state index in [-0.39, 0.29) is 0 Å². The summed E-state index contributed by atoms with van der Waals surface area (Å²) in [5.41, 5.74) is 4.17. The van der Waals surface area contributed by atoms with Crippen LogP contribution in [-0.2, 0) is 0 Å². The number of rotatable bonds is 4. The molecule has 4 aromatic rings. The number of anilines is 2. The van der Waals surface area contributed by atoms with Crippen molar-refractivity contribution < 1.29 is 9.47 Å². The summed E-state index contributed by atoms with van der Waals surface area (Å²) in [5, 5.41) is 5.25. The molecule has 0 aliphatic rings. The van der Waals surface area contributed by atoms with E-state index in [1.165, 1.54) is 0 Å². The molecule has 3 aromatic carbocycles. The van der Waals surface area contributed by atoms with Gasteiger partial charge in [-0.25, -0.2) is 0 Å². The molecule has 0 radical (unpaired) electrons. The van der Waals surface area contributed by atoms with Crippen LogP contribution in [-0.4, -0.2) is 19.2 Å². The zero-order valence-electron chi connectivity index (χ0n) is 16.9. The number of hydrogen-bond acceptors (Lipinski definition) is 4. The molecule has 0 bridgehead atoms. The van der Waals surface area contributed by atoms with Gasteiger partial charge in [0.2, 0.25) is 0 Å². The van der Waals surface area contributed by atoms with E-state index in [0.717, 1.165) is 33.5 Å². The van der Waals surface area contributed by atoms with Crippen molar-refractivity contribution >= 4 is 45.5 Å². The third kappa shape index (κ3) is 4.69. The normalized spacial score (nSPS) is 10.3. The topological polar surface area (TPSA) is 43.4 Å². The van der Waals surface area contributed by atoms with Crippen LogP contribution in [0.2, 0.25) is 10.0 Å². The predicted octanol–water partition coefficient (Wildman–Crippen LogP) is 6.70. The molecule has 1 heterocycles. The van der Waals surface area contributed by atoms with Crippen LogP contribution in [0.1, 0.15) is 11.1 Å². The lowest BCUT2D eigenvalue weighted by Crippen LogP contribution is -1.95. The maximum absolute atomic E-state index is 6.36. The smallest absolute Gasteiger partial charge is 0.139 e. The van der Waals surface area contributed by atoms with E-state index in [4.69, 9.17) is 32.7 Å². The standard InChI is InChI=1S/C25H18Cl2N2O2/c1-30-18-8-5-16(6-9-18)3-4-17-7-10-19-22(11-12-28-23(19)13-17)29-24-15-25(31-2)21(27)14-20(24)26/h5-15H,1-2H3,(H,28,29). The first kappa shape index (κ1) is 20.9. The Morgan fingerprint density at radius 1 is 0.774 bits per heavy atom. The van der Waals surface area contributed by atoms with E-state index in [2.05, 4.69) is 22.1 Å². The maximum Gasteiger partial charge on any atom is 0.139 e. The van der Waals surface area contributed by atoms with Crippen molar-refractivity contribution in [2.24, 2.45) is 0 Å². The molecule has 154 valence electrons. The van der Waals surface area contributed by atoms with Crippen molar-refractivity contribution in [3.05, 3.63) is 88.0 Å². The Labute approximate surface area is 190 Å². The second-order valence-corrected chi connectivity index (χ2v) is 7.47. The van der Waals surface area contributed by atoms with Crippen LogP contribution in [0, 0.1) is 11.8 Å². The minimum atomic E-state index is 0.456. The number of pyridine rings is 1. The van der Waals surface area contributed by atoms with Crippen LogP contribution in [0.25, 0.3) is 10.9 Å². The molecule has 1 aromatic heterocycles. The van der Waals surface area contributed by atoms with Crippen LogP contribution in [0.5, 0.6) is 11.5 Å². The third-order valence-electron chi connectivity index (χ3n) is 4.69. The Morgan fingerprint density at radius 3 is 2.26 bits per heavy atom. The lowest BCUT2D eigenvalue weighted by molar-refractivity contribution is 0.415. The average Bonchev–Trinajstić information content (AvgIpc) is 2.79. The van der Waals surface area contributed by atoms with Gasteiger partial charge in [-0.15, -0.1) is 0 Å². The Bertz CT molecular complexity index is 1310. The van der Waals surface area contributed by atoms with Gasteiger partial charge in [-0.05, 0) is 54.6 Å². The first-order chi connectivity index (χ1) is 15.1. The van der Waals surface area contributed by atoms with E-state index in [1.54, 1.807) is 32.5 Å². The lowest BCUT2D eigenvalue weighted by atomic mass is 10.1. The average molecular weight is 449 g/mol. The van der Waals surface area contributed by atoms with Gasteiger partial charge >= 0.3 is 0 Å². The van der Waals surface area contributed by atoms with E-state index >= 15 is 0 Å². The third-order valence-corrected chi connectivity index (χ3v) is 5.30. The number of fused-ring (bicyclic) bond motifs is 1. The van der Waals surface area contributed by atoms with Crippen molar-refractivity contribution in [1.82, 2.24) is 4.98 Å². The summed E-state index contributed by atoms with van der Waals surface area (Å²) in [6.45, 7) is 0. The highest BCUT2D eigenvalue weighted by Crippen LogP contribution is 2.36. The van der Waals surface area contributed by atoms with Gasteiger partial charge in [-0.1, -0.05) is 35.0 Å². The molecule has 0 saturated heterocycles. The summed E-state index contributed by atoms with van der Waals surface area (Å²) >= 11 is 12.5. The number of hydrogen-bond donors (Lipinski definition) is 1. The summed E-state index contributed by atoms with van der Waals surface area (Å²) < 4.78 is 10.5. The van der Waals surface area contributed by atoms with E-state index < -0.39 is 0 Å². The highest BCUT2D eigenvalue weighted by molar-refractivity contribution is 6.37. The van der Waals surface area contributed by atoms with E-state index in [1.807, 2.05) is 48.5 Å². The van der Waals surface area contributed by atoms with Crippen molar-refractivity contribution in [2.75, 3.05) is 19.5 Å². The molecule has 4 rings (SSSR count). The first-order valence-corrected chi connectivity index (χ1v) is 10.2. The highest BCUT2D eigenvalue weighted by Gasteiger charge is 2.10. The summed E-state index contributed by atoms with van der Waals surface area (Å²) in [5.74, 6) is 7.70. The molecule has 0 amide bonds. The number of aromatic nitrogens is 1. The summed E-state index contributed by atoms with van der Waals surface area (Å²) in [6.07, 6.45) is 1.74. The summed E-state index contributed by atoms with van der Waals surface area (Å²) in [6, 6.07) is 18.9. The minimum Gasteiger partial charge on any atom is -0.497 e. The Balaban J connectivity index is 1.64. The molecule has 4 nitrogen and oxygen atoms in total. The molecule has 0 saturated carbocycles. The molecule has 0 spiro atoms. The number of ether oxygens (including phenoxy) is 2. The SMILES string of the molecule is COc1ccc(C#Cc2ccc3c(Nc4cc(OC)c(Cl)cc4Cl)ccnc3c2)cc1. The van der Waals surface area contributed by atoms with Crippen LogP contribution in [0.3, 0.4) is 0 Å². The van der Waals surface area contributed by atoms with Crippen LogP contribution >= 0.6 is 23.2 Å². The predicted molar refractivity (Wildman–Crippen MR) is 127 cm³/mol. The molecule has 6 heteroatoms. The quantitative estimate of drug-likeness (QED) is 0.352.